The predicted octanol–water partition coefficient (Wildman–Crippen LogP) is 1.17. The van der Waals surface area contributed by atoms with E-state index in [9.17, 15) is 5.11 Å². The second-order valence-electron chi connectivity index (χ2n) is 3.56. The second kappa shape index (κ2) is 4.98. The van der Waals surface area contributed by atoms with E-state index in [0.29, 0.717) is 18.8 Å². The maximum atomic E-state index is 9.66. The van der Waals surface area contributed by atoms with Crippen LogP contribution < -0.4 is 5.32 Å². The molecule has 0 aliphatic rings. The minimum Gasteiger partial charge on any atom is -0.507 e. The van der Waals surface area contributed by atoms with E-state index in [2.05, 4.69) is 5.32 Å². The highest BCUT2D eigenvalue weighted by Gasteiger charge is 2.03. The summed E-state index contributed by atoms with van der Waals surface area (Å²) in [4.78, 5) is 0. The summed E-state index contributed by atoms with van der Waals surface area (Å²) in [6.07, 6.45) is -0.359. The molecule has 0 fully saturated rings. The van der Waals surface area contributed by atoms with Gasteiger partial charge in [-0.1, -0.05) is 18.2 Å². The Kier molecular flexibility index (Phi) is 3.92. The first-order chi connectivity index (χ1) is 6.61. The number of hydrogen-bond acceptors (Lipinski definition) is 3. The zero-order chi connectivity index (χ0) is 10.6. The van der Waals surface area contributed by atoms with Crippen LogP contribution >= 0.6 is 0 Å². The van der Waals surface area contributed by atoms with Crippen molar-refractivity contribution in [1.82, 2.24) is 5.32 Å². The molecule has 1 atom stereocenters. The maximum absolute atomic E-state index is 9.66. The van der Waals surface area contributed by atoms with Crippen LogP contribution in [0.4, 0.5) is 0 Å². The van der Waals surface area contributed by atoms with Gasteiger partial charge in [-0.05, 0) is 19.4 Å². The smallest absolute Gasteiger partial charge is 0.122 e. The summed E-state index contributed by atoms with van der Waals surface area (Å²) in [6, 6.07) is 5.65. The molecule has 0 radical (unpaired) electrons. The highest BCUT2D eigenvalue weighted by molar-refractivity contribution is 5.39. The molecule has 0 aromatic heterocycles. The van der Waals surface area contributed by atoms with Gasteiger partial charge in [0.05, 0.1) is 6.10 Å². The molecular weight excluding hydrogens is 178 g/mol. The fourth-order valence-electron chi connectivity index (χ4n) is 1.28. The number of rotatable bonds is 4. The summed E-state index contributed by atoms with van der Waals surface area (Å²) in [5.74, 6) is 0.339. The van der Waals surface area contributed by atoms with Crippen LogP contribution in [-0.2, 0) is 6.54 Å². The number of aromatic hydroxyl groups is 1. The van der Waals surface area contributed by atoms with Crippen LogP contribution in [0.5, 0.6) is 5.75 Å². The summed E-state index contributed by atoms with van der Waals surface area (Å²) in [6.45, 7) is 4.71. The summed E-state index contributed by atoms with van der Waals surface area (Å²) in [7, 11) is 0. The van der Waals surface area contributed by atoms with Crippen molar-refractivity contribution in [3.63, 3.8) is 0 Å². The van der Waals surface area contributed by atoms with E-state index in [1.54, 1.807) is 6.92 Å². The first-order valence-corrected chi connectivity index (χ1v) is 4.77. The minimum atomic E-state index is -0.359. The molecule has 3 nitrogen and oxygen atoms in total. The zero-order valence-electron chi connectivity index (χ0n) is 8.62. The molecule has 0 unspecified atom stereocenters. The van der Waals surface area contributed by atoms with Crippen molar-refractivity contribution in [3.05, 3.63) is 29.3 Å². The predicted molar refractivity (Wildman–Crippen MR) is 56.2 cm³/mol. The van der Waals surface area contributed by atoms with Crippen molar-refractivity contribution in [3.8, 4) is 5.75 Å². The Balaban J connectivity index is 2.54. The molecule has 14 heavy (non-hydrogen) atoms. The van der Waals surface area contributed by atoms with E-state index in [0.717, 1.165) is 11.1 Å². The van der Waals surface area contributed by atoms with Crippen molar-refractivity contribution in [2.45, 2.75) is 26.5 Å². The summed E-state index contributed by atoms with van der Waals surface area (Å²) in [5, 5.41) is 21.7. The van der Waals surface area contributed by atoms with Crippen LogP contribution in [-0.4, -0.2) is 22.9 Å². The maximum Gasteiger partial charge on any atom is 0.122 e. The Morgan fingerprint density at radius 1 is 1.43 bits per heavy atom. The van der Waals surface area contributed by atoms with E-state index in [1.165, 1.54) is 0 Å². The van der Waals surface area contributed by atoms with Crippen LogP contribution in [0.3, 0.4) is 0 Å². The Morgan fingerprint density at radius 3 is 2.79 bits per heavy atom. The molecule has 0 spiro atoms. The molecule has 1 rings (SSSR count). The lowest BCUT2D eigenvalue weighted by Gasteiger charge is -2.09. The van der Waals surface area contributed by atoms with Crippen molar-refractivity contribution in [2.75, 3.05) is 6.54 Å². The number of hydrogen-bond donors (Lipinski definition) is 3. The van der Waals surface area contributed by atoms with Crippen LogP contribution in [0, 0.1) is 6.92 Å². The van der Waals surface area contributed by atoms with E-state index >= 15 is 0 Å². The number of phenols is 1. The van der Waals surface area contributed by atoms with Crippen molar-refractivity contribution in [2.24, 2.45) is 0 Å². The number of phenolic OH excluding ortho intramolecular Hbond substituents is 1. The van der Waals surface area contributed by atoms with Crippen molar-refractivity contribution < 1.29 is 10.2 Å². The normalized spacial score (nSPS) is 12.8. The largest absolute Gasteiger partial charge is 0.507 e. The molecule has 1 aromatic carbocycles. The second-order valence-corrected chi connectivity index (χ2v) is 3.56. The third-order valence-electron chi connectivity index (χ3n) is 2.08. The van der Waals surface area contributed by atoms with E-state index < -0.39 is 0 Å². The van der Waals surface area contributed by atoms with Gasteiger partial charge >= 0.3 is 0 Å². The first-order valence-electron chi connectivity index (χ1n) is 4.77. The fraction of sp³-hybridized carbons (Fsp3) is 0.455. The average molecular weight is 195 g/mol. The Hall–Kier alpha value is -1.06. The molecule has 3 N–H and O–H groups in total. The highest BCUT2D eigenvalue weighted by atomic mass is 16.3. The van der Waals surface area contributed by atoms with Crippen LogP contribution in [0.25, 0.3) is 0 Å². The van der Waals surface area contributed by atoms with Crippen LogP contribution in [0.2, 0.25) is 0 Å². The first kappa shape index (κ1) is 11.0. The quantitative estimate of drug-likeness (QED) is 0.676. The van der Waals surface area contributed by atoms with Gasteiger partial charge in [0, 0.05) is 18.7 Å². The van der Waals surface area contributed by atoms with Gasteiger partial charge in [0.1, 0.15) is 5.75 Å². The van der Waals surface area contributed by atoms with Gasteiger partial charge in [-0.2, -0.15) is 0 Å². The summed E-state index contributed by atoms with van der Waals surface area (Å²) >= 11 is 0. The molecule has 0 aliphatic carbocycles. The van der Waals surface area contributed by atoms with Gasteiger partial charge in [-0.15, -0.1) is 0 Å². The third kappa shape index (κ3) is 3.01. The van der Waals surface area contributed by atoms with Gasteiger partial charge in [0.15, 0.2) is 0 Å². The Bertz CT molecular complexity index is 297. The lowest BCUT2D eigenvalue weighted by molar-refractivity contribution is 0.191. The number of aliphatic hydroxyl groups is 1. The third-order valence-corrected chi connectivity index (χ3v) is 2.08. The van der Waals surface area contributed by atoms with E-state index in [1.807, 2.05) is 25.1 Å². The standard InChI is InChI=1S/C11H17NO2/c1-8-4-3-5-10(11(8)14)7-12-6-9(2)13/h3-5,9,12-14H,6-7H2,1-2H3/t9-/m1/s1. The number of benzene rings is 1. The van der Waals surface area contributed by atoms with Crippen LogP contribution in [0.15, 0.2) is 18.2 Å². The van der Waals surface area contributed by atoms with Crippen molar-refractivity contribution in [1.29, 1.82) is 0 Å². The number of nitrogens with one attached hydrogen (secondary N) is 1. The number of para-hydroxylation sites is 1. The number of aliphatic hydroxyl groups excluding tert-OH is 1. The molecule has 0 saturated heterocycles. The highest BCUT2D eigenvalue weighted by Crippen LogP contribution is 2.20. The molecule has 3 heteroatoms. The molecule has 0 heterocycles. The van der Waals surface area contributed by atoms with Gasteiger partial charge in [-0.25, -0.2) is 0 Å². The van der Waals surface area contributed by atoms with Gasteiger partial charge in [0.2, 0.25) is 0 Å². The molecule has 0 bridgehead atoms. The summed E-state index contributed by atoms with van der Waals surface area (Å²) < 4.78 is 0. The van der Waals surface area contributed by atoms with E-state index in [4.69, 9.17) is 5.11 Å². The average Bonchev–Trinajstić information content (AvgIpc) is 2.12. The lowest BCUT2D eigenvalue weighted by atomic mass is 10.1. The molecule has 0 aliphatic heterocycles. The lowest BCUT2D eigenvalue weighted by Crippen LogP contribution is -2.23. The monoisotopic (exact) mass is 195 g/mol. The topological polar surface area (TPSA) is 52.5 Å². The Labute approximate surface area is 84.4 Å². The summed E-state index contributed by atoms with van der Waals surface area (Å²) in [5.41, 5.74) is 1.74. The van der Waals surface area contributed by atoms with Gasteiger partial charge < -0.3 is 15.5 Å². The molecule has 0 saturated carbocycles. The number of aryl methyl sites for hydroxylation is 1. The van der Waals surface area contributed by atoms with Gasteiger partial charge in [-0.3, -0.25) is 0 Å². The van der Waals surface area contributed by atoms with Gasteiger partial charge in [0.25, 0.3) is 0 Å². The van der Waals surface area contributed by atoms with Crippen LogP contribution in [0.1, 0.15) is 18.1 Å². The fourth-order valence-corrected chi connectivity index (χ4v) is 1.28. The molecule has 1 aromatic rings. The minimum absolute atomic E-state index is 0.339. The van der Waals surface area contributed by atoms with Crippen molar-refractivity contribution >= 4 is 0 Å². The molecular formula is C11H17NO2. The SMILES string of the molecule is Cc1cccc(CNC[C@@H](C)O)c1O. The zero-order valence-corrected chi connectivity index (χ0v) is 8.62. The van der Waals surface area contributed by atoms with E-state index in [-0.39, 0.29) is 6.10 Å². The molecule has 0 amide bonds. The molecule has 78 valence electrons. The Morgan fingerprint density at radius 2 is 2.14 bits per heavy atom.